The van der Waals surface area contributed by atoms with Gasteiger partial charge in [-0.3, -0.25) is 4.90 Å². The third-order valence-corrected chi connectivity index (χ3v) is 3.25. The van der Waals surface area contributed by atoms with Crippen molar-refractivity contribution < 1.29 is 14.2 Å². The molecule has 0 radical (unpaired) electrons. The molecule has 5 heteroatoms. The Kier molecular flexibility index (Phi) is 5.60. The average molecular weight is 266 g/mol. The fourth-order valence-corrected chi connectivity index (χ4v) is 2.12. The number of rotatable bonds is 6. The summed E-state index contributed by atoms with van der Waals surface area (Å²) in [4.78, 5) is 2.32. The van der Waals surface area contributed by atoms with Gasteiger partial charge in [-0.05, 0) is 6.07 Å². The van der Waals surface area contributed by atoms with Crippen LogP contribution in [0.25, 0.3) is 0 Å². The molecule has 2 rings (SSSR count). The van der Waals surface area contributed by atoms with Gasteiger partial charge in [0.2, 0.25) is 0 Å². The van der Waals surface area contributed by atoms with Gasteiger partial charge in [-0.1, -0.05) is 18.2 Å². The Morgan fingerprint density at radius 3 is 2.79 bits per heavy atom. The maximum atomic E-state index is 6.04. The Bertz CT molecular complexity index is 381. The molecule has 1 aromatic rings. The summed E-state index contributed by atoms with van der Waals surface area (Å²) in [6.07, 6.45) is -0.447. The summed E-state index contributed by atoms with van der Waals surface area (Å²) in [5.74, 6) is 0.765. The first-order valence-electron chi connectivity index (χ1n) is 6.61. The van der Waals surface area contributed by atoms with E-state index >= 15 is 0 Å². The van der Waals surface area contributed by atoms with Crippen LogP contribution in [-0.4, -0.2) is 51.5 Å². The van der Waals surface area contributed by atoms with Crippen molar-refractivity contribution in [2.75, 3.05) is 46.6 Å². The Labute approximate surface area is 114 Å². The Balaban J connectivity index is 1.78. The zero-order valence-corrected chi connectivity index (χ0v) is 11.4. The number of morpholine rings is 1. The van der Waals surface area contributed by atoms with Gasteiger partial charge in [0, 0.05) is 25.2 Å². The average Bonchev–Trinajstić information content (AvgIpc) is 2.48. The number of methoxy groups -OCH3 is 1. The van der Waals surface area contributed by atoms with Crippen LogP contribution in [0.2, 0.25) is 0 Å². The van der Waals surface area contributed by atoms with Gasteiger partial charge in [-0.25, -0.2) is 0 Å². The van der Waals surface area contributed by atoms with Crippen molar-refractivity contribution in [2.24, 2.45) is 5.73 Å². The first-order valence-corrected chi connectivity index (χ1v) is 6.61. The van der Waals surface area contributed by atoms with E-state index in [1.165, 1.54) is 0 Å². The van der Waals surface area contributed by atoms with Crippen molar-refractivity contribution in [1.29, 1.82) is 0 Å². The molecule has 1 fully saturated rings. The van der Waals surface area contributed by atoms with Gasteiger partial charge >= 0.3 is 0 Å². The largest absolute Gasteiger partial charge is 0.496 e. The van der Waals surface area contributed by atoms with E-state index < -0.39 is 6.23 Å². The highest BCUT2D eigenvalue weighted by Crippen LogP contribution is 2.23. The van der Waals surface area contributed by atoms with E-state index in [4.69, 9.17) is 19.9 Å². The van der Waals surface area contributed by atoms with Crippen molar-refractivity contribution in [2.45, 2.75) is 6.23 Å². The molecule has 2 N–H and O–H groups in total. The van der Waals surface area contributed by atoms with Crippen molar-refractivity contribution >= 4 is 0 Å². The van der Waals surface area contributed by atoms with Crippen LogP contribution in [0.1, 0.15) is 11.8 Å². The van der Waals surface area contributed by atoms with Crippen LogP contribution >= 0.6 is 0 Å². The minimum Gasteiger partial charge on any atom is -0.496 e. The Morgan fingerprint density at radius 2 is 2.05 bits per heavy atom. The molecule has 0 spiro atoms. The van der Waals surface area contributed by atoms with E-state index in [9.17, 15) is 0 Å². The van der Waals surface area contributed by atoms with Crippen LogP contribution in [0, 0.1) is 0 Å². The molecule has 0 aliphatic carbocycles. The summed E-state index contributed by atoms with van der Waals surface area (Å²) >= 11 is 0. The van der Waals surface area contributed by atoms with Crippen LogP contribution in [0.4, 0.5) is 0 Å². The molecule has 1 heterocycles. The molecule has 0 aromatic heterocycles. The van der Waals surface area contributed by atoms with Gasteiger partial charge < -0.3 is 19.9 Å². The summed E-state index contributed by atoms with van der Waals surface area (Å²) in [6, 6.07) is 7.67. The lowest BCUT2D eigenvalue weighted by molar-refractivity contribution is 0.00209. The molecule has 0 saturated carbocycles. The molecule has 1 aliphatic rings. The van der Waals surface area contributed by atoms with Crippen molar-refractivity contribution in [1.82, 2.24) is 4.90 Å². The summed E-state index contributed by atoms with van der Waals surface area (Å²) in [5, 5.41) is 0. The van der Waals surface area contributed by atoms with Crippen LogP contribution in [0.5, 0.6) is 5.75 Å². The lowest BCUT2D eigenvalue weighted by Gasteiger charge is -2.27. The van der Waals surface area contributed by atoms with Crippen molar-refractivity contribution in [3.63, 3.8) is 0 Å². The highest BCUT2D eigenvalue weighted by atomic mass is 16.5. The molecule has 1 atom stereocenters. The van der Waals surface area contributed by atoms with Gasteiger partial charge in [0.25, 0.3) is 0 Å². The minimum absolute atomic E-state index is 0.447. The zero-order chi connectivity index (χ0) is 13.5. The molecule has 0 bridgehead atoms. The van der Waals surface area contributed by atoms with Gasteiger partial charge in [0.15, 0.2) is 0 Å². The first-order chi connectivity index (χ1) is 9.31. The molecule has 1 aromatic carbocycles. The third kappa shape index (κ3) is 4.18. The summed E-state index contributed by atoms with van der Waals surface area (Å²) in [5.41, 5.74) is 6.92. The van der Waals surface area contributed by atoms with Crippen molar-refractivity contribution in [3.8, 4) is 5.75 Å². The van der Waals surface area contributed by atoms with Gasteiger partial charge in [0.1, 0.15) is 12.0 Å². The minimum atomic E-state index is -0.447. The highest BCUT2D eigenvalue weighted by molar-refractivity contribution is 5.34. The molecule has 1 saturated heterocycles. The zero-order valence-electron chi connectivity index (χ0n) is 11.4. The van der Waals surface area contributed by atoms with Gasteiger partial charge in [0.05, 0.1) is 26.9 Å². The van der Waals surface area contributed by atoms with E-state index in [0.29, 0.717) is 6.61 Å². The summed E-state index contributed by atoms with van der Waals surface area (Å²) < 4.78 is 16.3. The monoisotopic (exact) mass is 266 g/mol. The number of nitrogens with zero attached hydrogens (tertiary/aromatic N) is 1. The molecular formula is C14H22N2O3. The third-order valence-electron chi connectivity index (χ3n) is 3.25. The number of nitrogens with two attached hydrogens (primary N) is 1. The number of benzene rings is 1. The maximum Gasteiger partial charge on any atom is 0.135 e. The number of hydrogen-bond acceptors (Lipinski definition) is 5. The summed E-state index contributed by atoms with van der Waals surface area (Å²) in [7, 11) is 1.64. The smallest absolute Gasteiger partial charge is 0.135 e. The predicted molar refractivity (Wildman–Crippen MR) is 73.1 cm³/mol. The molecule has 1 aliphatic heterocycles. The fraction of sp³-hybridized carbons (Fsp3) is 0.571. The van der Waals surface area contributed by atoms with E-state index in [2.05, 4.69) is 4.90 Å². The standard InChI is InChI=1S/C14H22N2O3/c1-17-13-5-3-2-4-12(13)14(15)19-11-8-16-6-9-18-10-7-16/h2-5,14H,6-11,15H2,1H3. The van der Waals surface area contributed by atoms with E-state index in [1.807, 2.05) is 24.3 Å². The highest BCUT2D eigenvalue weighted by Gasteiger charge is 2.13. The number of hydrogen-bond donors (Lipinski definition) is 1. The Hall–Kier alpha value is -1.14. The van der Waals surface area contributed by atoms with Crippen LogP contribution in [0.3, 0.4) is 0 Å². The molecule has 1 unspecified atom stereocenters. The van der Waals surface area contributed by atoms with Crippen molar-refractivity contribution in [3.05, 3.63) is 29.8 Å². The van der Waals surface area contributed by atoms with E-state index in [1.54, 1.807) is 7.11 Å². The van der Waals surface area contributed by atoms with Crippen LogP contribution in [0.15, 0.2) is 24.3 Å². The topological polar surface area (TPSA) is 57.0 Å². The van der Waals surface area contributed by atoms with Gasteiger partial charge in [-0.15, -0.1) is 0 Å². The van der Waals surface area contributed by atoms with E-state index in [-0.39, 0.29) is 0 Å². The van der Waals surface area contributed by atoms with Crippen LogP contribution < -0.4 is 10.5 Å². The predicted octanol–water partition coefficient (Wildman–Crippen LogP) is 1.00. The second-order valence-electron chi connectivity index (χ2n) is 4.49. The first kappa shape index (κ1) is 14.3. The molecule has 106 valence electrons. The molecule has 5 nitrogen and oxygen atoms in total. The lowest BCUT2D eigenvalue weighted by atomic mass is 10.2. The number of ether oxygens (including phenoxy) is 3. The fourth-order valence-electron chi connectivity index (χ4n) is 2.12. The second-order valence-corrected chi connectivity index (χ2v) is 4.49. The lowest BCUT2D eigenvalue weighted by Crippen LogP contribution is -2.38. The molecule has 0 amide bonds. The quantitative estimate of drug-likeness (QED) is 0.779. The SMILES string of the molecule is COc1ccccc1C(N)OCCN1CCOCC1. The molecule has 19 heavy (non-hydrogen) atoms. The second kappa shape index (κ2) is 7.45. The van der Waals surface area contributed by atoms with E-state index in [0.717, 1.165) is 44.2 Å². The molecular weight excluding hydrogens is 244 g/mol. The Morgan fingerprint density at radius 1 is 1.32 bits per heavy atom. The summed E-state index contributed by atoms with van der Waals surface area (Å²) in [6.45, 7) is 5.03. The van der Waals surface area contributed by atoms with Gasteiger partial charge in [-0.2, -0.15) is 0 Å². The number of para-hydroxylation sites is 1. The normalized spacial score (nSPS) is 18.2. The maximum absolute atomic E-state index is 6.04. The van der Waals surface area contributed by atoms with Crippen LogP contribution in [-0.2, 0) is 9.47 Å².